The van der Waals surface area contributed by atoms with Crippen LogP contribution in [0.4, 0.5) is 4.39 Å². The summed E-state index contributed by atoms with van der Waals surface area (Å²) in [5.74, 6) is -0.221. The van der Waals surface area contributed by atoms with Crippen molar-refractivity contribution >= 4 is 12.4 Å². The largest absolute Gasteiger partial charge is 0.330 e. The molecule has 0 aliphatic carbocycles. The van der Waals surface area contributed by atoms with Crippen LogP contribution in [-0.4, -0.2) is 16.3 Å². The average Bonchev–Trinajstić information content (AvgIpc) is 2.75. The Morgan fingerprint density at radius 2 is 2.06 bits per heavy atom. The van der Waals surface area contributed by atoms with Crippen molar-refractivity contribution in [2.45, 2.75) is 13.0 Å². The van der Waals surface area contributed by atoms with Gasteiger partial charge in [-0.15, -0.1) is 12.4 Å². The molecular formula is C12H15ClFN3. The van der Waals surface area contributed by atoms with Crippen LogP contribution in [0.15, 0.2) is 36.7 Å². The van der Waals surface area contributed by atoms with Crippen molar-refractivity contribution in [3.05, 3.63) is 42.5 Å². The molecular weight excluding hydrogens is 241 g/mol. The first-order valence-corrected chi connectivity index (χ1v) is 5.28. The van der Waals surface area contributed by atoms with Crippen LogP contribution in [0.3, 0.4) is 0 Å². The topological polar surface area (TPSA) is 43.8 Å². The van der Waals surface area contributed by atoms with Gasteiger partial charge >= 0.3 is 0 Å². The van der Waals surface area contributed by atoms with Crippen LogP contribution in [0.5, 0.6) is 0 Å². The fourth-order valence-corrected chi connectivity index (χ4v) is 1.57. The summed E-state index contributed by atoms with van der Waals surface area (Å²) in [5, 5.41) is 4.17. The van der Waals surface area contributed by atoms with Crippen LogP contribution in [-0.2, 0) is 6.54 Å². The van der Waals surface area contributed by atoms with E-state index in [1.165, 1.54) is 6.07 Å². The van der Waals surface area contributed by atoms with Gasteiger partial charge in [-0.1, -0.05) is 18.2 Å². The number of nitrogens with zero attached hydrogens (tertiary/aromatic N) is 2. The number of aromatic nitrogens is 2. The fourth-order valence-electron chi connectivity index (χ4n) is 1.57. The first kappa shape index (κ1) is 13.7. The Kier molecular flexibility index (Phi) is 5.12. The van der Waals surface area contributed by atoms with Gasteiger partial charge in [0.05, 0.1) is 6.20 Å². The smallest absolute Gasteiger partial charge is 0.131 e. The molecule has 0 saturated carbocycles. The molecule has 3 nitrogen and oxygen atoms in total. The number of halogens is 2. The van der Waals surface area contributed by atoms with E-state index in [1.807, 2.05) is 12.3 Å². The molecule has 0 saturated heterocycles. The number of hydrogen-bond donors (Lipinski definition) is 1. The van der Waals surface area contributed by atoms with E-state index >= 15 is 0 Å². The third kappa shape index (κ3) is 3.28. The lowest BCUT2D eigenvalue weighted by molar-refractivity contribution is 0.585. The van der Waals surface area contributed by atoms with Crippen molar-refractivity contribution in [1.82, 2.24) is 9.78 Å². The second-order valence-electron chi connectivity index (χ2n) is 3.61. The van der Waals surface area contributed by atoms with E-state index in [9.17, 15) is 4.39 Å². The van der Waals surface area contributed by atoms with Crippen molar-refractivity contribution in [2.75, 3.05) is 6.54 Å². The zero-order valence-corrected chi connectivity index (χ0v) is 10.2. The zero-order valence-electron chi connectivity index (χ0n) is 9.34. The molecule has 0 spiro atoms. The molecule has 1 heterocycles. The molecule has 92 valence electrons. The number of aryl methyl sites for hydroxylation is 1. The van der Waals surface area contributed by atoms with Crippen molar-refractivity contribution in [2.24, 2.45) is 5.73 Å². The van der Waals surface area contributed by atoms with Gasteiger partial charge < -0.3 is 5.73 Å². The van der Waals surface area contributed by atoms with Gasteiger partial charge in [0.1, 0.15) is 5.82 Å². The van der Waals surface area contributed by atoms with Crippen LogP contribution in [0, 0.1) is 5.82 Å². The summed E-state index contributed by atoms with van der Waals surface area (Å²) in [6, 6.07) is 6.69. The highest BCUT2D eigenvalue weighted by molar-refractivity contribution is 5.85. The summed E-state index contributed by atoms with van der Waals surface area (Å²) >= 11 is 0. The van der Waals surface area contributed by atoms with Crippen LogP contribution in [0.25, 0.3) is 11.1 Å². The Labute approximate surface area is 106 Å². The summed E-state index contributed by atoms with van der Waals surface area (Å²) in [6.07, 6.45) is 4.39. The molecule has 2 rings (SSSR count). The molecule has 0 unspecified atom stereocenters. The van der Waals surface area contributed by atoms with Crippen molar-refractivity contribution in [3.63, 3.8) is 0 Å². The number of benzene rings is 1. The molecule has 17 heavy (non-hydrogen) atoms. The summed E-state index contributed by atoms with van der Waals surface area (Å²) in [7, 11) is 0. The molecule has 0 atom stereocenters. The monoisotopic (exact) mass is 255 g/mol. The minimum absolute atomic E-state index is 0. The minimum Gasteiger partial charge on any atom is -0.330 e. The minimum atomic E-state index is -0.221. The van der Waals surface area contributed by atoms with Crippen molar-refractivity contribution in [3.8, 4) is 11.1 Å². The van der Waals surface area contributed by atoms with E-state index in [0.717, 1.165) is 18.5 Å². The summed E-state index contributed by atoms with van der Waals surface area (Å²) in [4.78, 5) is 0. The van der Waals surface area contributed by atoms with Gasteiger partial charge in [0.15, 0.2) is 0 Å². The van der Waals surface area contributed by atoms with Crippen molar-refractivity contribution in [1.29, 1.82) is 0 Å². The number of rotatable bonds is 4. The predicted molar refractivity (Wildman–Crippen MR) is 68.5 cm³/mol. The molecule has 1 aromatic heterocycles. The maximum absolute atomic E-state index is 13.5. The Balaban J connectivity index is 0.00000144. The lowest BCUT2D eigenvalue weighted by Crippen LogP contribution is -2.05. The van der Waals surface area contributed by atoms with E-state index in [4.69, 9.17) is 5.73 Å². The molecule has 0 aliphatic rings. The highest BCUT2D eigenvalue weighted by Crippen LogP contribution is 2.21. The van der Waals surface area contributed by atoms with Gasteiger partial charge in [0, 0.05) is 23.9 Å². The molecule has 0 fully saturated rings. The van der Waals surface area contributed by atoms with E-state index in [0.29, 0.717) is 12.1 Å². The molecule has 5 heteroatoms. The van der Waals surface area contributed by atoms with Crippen LogP contribution < -0.4 is 5.73 Å². The van der Waals surface area contributed by atoms with E-state index in [1.54, 1.807) is 23.0 Å². The number of hydrogen-bond acceptors (Lipinski definition) is 2. The Morgan fingerprint density at radius 3 is 2.76 bits per heavy atom. The normalized spacial score (nSPS) is 10.0. The average molecular weight is 256 g/mol. The van der Waals surface area contributed by atoms with Gasteiger partial charge in [-0.05, 0) is 19.0 Å². The highest BCUT2D eigenvalue weighted by atomic mass is 35.5. The molecule has 2 aromatic rings. The van der Waals surface area contributed by atoms with E-state index in [2.05, 4.69) is 5.10 Å². The fraction of sp³-hybridized carbons (Fsp3) is 0.250. The Morgan fingerprint density at radius 1 is 1.29 bits per heavy atom. The van der Waals surface area contributed by atoms with Crippen LogP contribution in [0.2, 0.25) is 0 Å². The quantitative estimate of drug-likeness (QED) is 0.912. The van der Waals surface area contributed by atoms with Gasteiger partial charge in [-0.2, -0.15) is 5.10 Å². The first-order chi connectivity index (χ1) is 7.81. The highest BCUT2D eigenvalue weighted by Gasteiger charge is 2.05. The van der Waals surface area contributed by atoms with Gasteiger partial charge in [-0.3, -0.25) is 4.68 Å². The molecule has 2 N–H and O–H groups in total. The van der Waals surface area contributed by atoms with Crippen molar-refractivity contribution < 1.29 is 4.39 Å². The zero-order chi connectivity index (χ0) is 11.4. The Bertz CT molecular complexity index is 470. The lowest BCUT2D eigenvalue weighted by Gasteiger charge is -1.99. The Hall–Kier alpha value is -1.39. The third-order valence-corrected chi connectivity index (χ3v) is 2.41. The standard InChI is InChI=1S/C12H14FN3.ClH/c13-12-5-2-1-4-11(12)10-8-15-16(9-10)7-3-6-14;/h1-2,4-5,8-9H,3,6-7,14H2;1H. The first-order valence-electron chi connectivity index (χ1n) is 5.28. The second-order valence-corrected chi connectivity index (χ2v) is 3.61. The molecule has 1 aromatic carbocycles. The number of nitrogens with two attached hydrogens (primary N) is 1. The molecule has 0 radical (unpaired) electrons. The van der Waals surface area contributed by atoms with Crippen LogP contribution >= 0.6 is 12.4 Å². The predicted octanol–water partition coefficient (Wildman–Crippen LogP) is 2.46. The maximum Gasteiger partial charge on any atom is 0.131 e. The SMILES string of the molecule is Cl.NCCCn1cc(-c2ccccc2F)cn1. The maximum atomic E-state index is 13.5. The molecule has 0 amide bonds. The molecule has 0 bridgehead atoms. The summed E-state index contributed by atoms with van der Waals surface area (Å²) < 4.78 is 15.3. The van der Waals surface area contributed by atoms with Gasteiger partial charge in [-0.25, -0.2) is 4.39 Å². The van der Waals surface area contributed by atoms with E-state index < -0.39 is 0 Å². The lowest BCUT2D eigenvalue weighted by atomic mass is 10.1. The summed E-state index contributed by atoms with van der Waals surface area (Å²) in [5.41, 5.74) is 6.80. The van der Waals surface area contributed by atoms with Gasteiger partial charge in [0.2, 0.25) is 0 Å². The third-order valence-electron chi connectivity index (χ3n) is 2.41. The molecule has 0 aliphatic heterocycles. The van der Waals surface area contributed by atoms with Gasteiger partial charge in [0.25, 0.3) is 0 Å². The van der Waals surface area contributed by atoms with Crippen LogP contribution in [0.1, 0.15) is 6.42 Å². The second kappa shape index (κ2) is 6.37. The van der Waals surface area contributed by atoms with E-state index in [-0.39, 0.29) is 18.2 Å². The summed E-state index contributed by atoms with van der Waals surface area (Å²) in [6.45, 7) is 1.40.